The molecule has 1 atom stereocenters. The van der Waals surface area contributed by atoms with Crippen LogP contribution in [0.3, 0.4) is 0 Å². The summed E-state index contributed by atoms with van der Waals surface area (Å²) >= 11 is 3.38. The zero-order chi connectivity index (χ0) is 14.7. The van der Waals surface area contributed by atoms with E-state index in [1.165, 1.54) is 0 Å². The first-order chi connectivity index (χ1) is 9.49. The minimum Gasteiger partial charge on any atom is -0.369 e. The number of anilines is 1. The fourth-order valence-electron chi connectivity index (χ4n) is 1.97. The summed E-state index contributed by atoms with van der Waals surface area (Å²) < 4.78 is 2.91. The summed E-state index contributed by atoms with van der Waals surface area (Å²) in [6.45, 7) is 4.06. The molecule has 0 saturated heterocycles. The van der Waals surface area contributed by atoms with E-state index in [2.05, 4.69) is 26.2 Å². The van der Waals surface area contributed by atoms with Gasteiger partial charge in [0.05, 0.1) is 18.2 Å². The van der Waals surface area contributed by atoms with Crippen LogP contribution in [0.4, 0.5) is 5.69 Å². The first-order valence-electron chi connectivity index (χ1n) is 6.32. The molecule has 2 aromatic rings. The third-order valence-electron chi connectivity index (χ3n) is 2.99. The maximum Gasteiger partial charge on any atom is 0.246 e. The van der Waals surface area contributed by atoms with Crippen LogP contribution in [-0.2, 0) is 4.79 Å². The lowest BCUT2D eigenvalue weighted by molar-refractivity contribution is -0.119. The zero-order valence-corrected chi connectivity index (χ0v) is 13.0. The van der Waals surface area contributed by atoms with Crippen molar-refractivity contribution in [3.05, 3.63) is 47.0 Å². The van der Waals surface area contributed by atoms with Crippen molar-refractivity contribution in [1.29, 1.82) is 0 Å². The average Bonchev–Trinajstić information content (AvgIpc) is 2.86. The molecule has 6 heteroatoms. The standard InChI is InChI=1S/C14H17BrN4O/c1-9(2)19-8-17-7-12(19)13(14(16)20)18-11-5-3-10(15)4-6-11/h3-9,13,18H,1-2H3,(H2,16,20). The number of benzene rings is 1. The van der Waals surface area contributed by atoms with E-state index in [-0.39, 0.29) is 6.04 Å². The molecule has 0 bridgehead atoms. The molecule has 106 valence electrons. The second kappa shape index (κ2) is 6.09. The number of amides is 1. The number of imidazole rings is 1. The van der Waals surface area contributed by atoms with Crippen molar-refractivity contribution in [3.8, 4) is 0 Å². The number of nitrogens with one attached hydrogen (secondary N) is 1. The Bertz CT molecular complexity index is 591. The number of hydrogen-bond donors (Lipinski definition) is 2. The van der Waals surface area contributed by atoms with Gasteiger partial charge in [0.1, 0.15) is 6.04 Å². The number of nitrogens with two attached hydrogens (primary N) is 1. The van der Waals surface area contributed by atoms with E-state index in [0.29, 0.717) is 0 Å². The normalized spacial score (nSPS) is 12.4. The van der Waals surface area contributed by atoms with Gasteiger partial charge in [-0.25, -0.2) is 4.98 Å². The van der Waals surface area contributed by atoms with E-state index in [4.69, 9.17) is 5.73 Å². The predicted octanol–water partition coefficient (Wildman–Crippen LogP) is 2.87. The summed E-state index contributed by atoms with van der Waals surface area (Å²) in [6.07, 6.45) is 3.38. The van der Waals surface area contributed by atoms with E-state index in [0.717, 1.165) is 15.9 Å². The van der Waals surface area contributed by atoms with Gasteiger partial charge in [-0.3, -0.25) is 4.79 Å². The monoisotopic (exact) mass is 336 g/mol. The van der Waals surface area contributed by atoms with Crippen LogP contribution in [0.25, 0.3) is 0 Å². The van der Waals surface area contributed by atoms with Crippen LogP contribution in [0.2, 0.25) is 0 Å². The fourth-order valence-corrected chi connectivity index (χ4v) is 2.24. The van der Waals surface area contributed by atoms with Gasteiger partial charge in [0, 0.05) is 16.2 Å². The summed E-state index contributed by atoms with van der Waals surface area (Å²) in [5.74, 6) is -0.435. The number of nitrogens with zero attached hydrogens (tertiary/aromatic N) is 2. The molecule has 1 aromatic carbocycles. The highest BCUT2D eigenvalue weighted by atomic mass is 79.9. The van der Waals surface area contributed by atoms with Gasteiger partial charge >= 0.3 is 0 Å². The van der Waals surface area contributed by atoms with Crippen molar-refractivity contribution in [3.63, 3.8) is 0 Å². The molecule has 1 heterocycles. The van der Waals surface area contributed by atoms with Gasteiger partial charge < -0.3 is 15.6 Å². The van der Waals surface area contributed by atoms with Crippen molar-refractivity contribution in [2.75, 3.05) is 5.32 Å². The number of carbonyl (C=O) groups excluding carboxylic acids is 1. The fraction of sp³-hybridized carbons (Fsp3) is 0.286. The van der Waals surface area contributed by atoms with Crippen molar-refractivity contribution in [1.82, 2.24) is 9.55 Å². The summed E-state index contributed by atoms with van der Waals surface area (Å²) in [5.41, 5.74) is 7.11. The Morgan fingerprint density at radius 2 is 2.00 bits per heavy atom. The molecule has 5 nitrogen and oxygen atoms in total. The van der Waals surface area contributed by atoms with E-state index < -0.39 is 11.9 Å². The number of primary amides is 1. The van der Waals surface area contributed by atoms with Gasteiger partial charge in [-0.05, 0) is 38.1 Å². The molecule has 1 unspecified atom stereocenters. The lowest BCUT2D eigenvalue weighted by Crippen LogP contribution is -2.29. The summed E-state index contributed by atoms with van der Waals surface area (Å²) in [7, 11) is 0. The molecule has 1 amide bonds. The molecule has 0 fully saturated rings. The van der Waals surface area contributed by atoms with Gasteiger partial charge in [0.15, 0.2) is 0 Å². The van der Waals surface area contributed by atoms with Crippen LogP contribution in [0, 0.1) is 0 Å². The minimum absolute atomic E-state index is 0.209. The first kappa shape index (κ1) is 14.6. The van der Waals surface area contributed by atoms with Crippen LogP contribution >= 0.6 is 15.9 Å². The molecule has 20 heavy (non-hydrogen) atoms. The number of aromatic nitrogens is 2. The van der Waals surface area contributed by atoms with E-state index in [9.17, 15) is 4.79 Å². The summed E-state index contributed by atoms with van der Waals surface area (Å²) in [4.78, 5) is 15.9. The van der Waals surface area contributed by atoms with Gasteiger partial charge in [-0.15, -0.1) is 0 Å². The highest BCUT2D eigenvalue weighted by molar-refractivity contribution is 9.10. The Labute approximate surface area is 126 Å². The molecule has 3 N–H and O–H groups in total. The zero-order valence-electron chi connectivity index (χ0n) is 11.4. The number of hydrogen-bond acceptors (Lipinski definition) is 3. The largest absolute Gasteiger partial charge is 0.369 e. The quantitative estimate of drug-likeness (QED) is 0.881. The maximum atomic E-state index is 11.8. The topological polar surface area (TPSA) is 72.9 Å². The Balaban J connectivity index is 2.29. The Hall–Kier alpha value is -1.82. The Morgan fingerprint density at radius 1 is 1.35 bits per heavy atom. The molecule has 0 aliphatic rings. The second-order valence-corrected chi connectivity index (χ2v) is 5.72. The van der Waals surface area contributed by atoms with Crippen molar-refractivity contribution < 1.29 is 4.79 Å². The number of carbonyl (C=O) groups is 1. The van der Waals surface area contributed by atoms with Crippen LogP contribution in [0.1, 0.15) is 31.6 Å². The van der Waals surface area contributed by atoms with Crippen molar-refractivity contribution in [2.24, 2.45) is 5.73 Å². The Morgan fingerprint density at radius 3 is 2.55 bits per heavy atom. The summed E-state index contributed by atoms with van der Waals surface area (Å²) in [6, 6.07) is 7.18. The lowest BCUT2D eigenvalue weighted by atomic mass is 10.1. The molecule has 0 aliphatic heterocycles. The summed E-state index contributed by atoms with van der Waals surface area (Å²) in [5, 5.41) is 3.15. The molecule has 0 radical (unpaired) electrons. The van der Waals surface area contributed by atoms with E-state index >= 15 is 0 Å². The molecular formula is C14H17BrN4O. The predicted molar refractivity (Wildman–Crippen MR) is 82.3 cm³/mol. The molecule has 0 spiro atoms. The van der Waals surface area contributed by atoms with Crippen LogP contribution in [-0.4, -0.2) is 15.5 Å². The molecular weight excluding hydrogens is 320 g/mol. The number of halogens is 1. The maximum absolute atomic E-state index is 11.8. The second-order valence-electron chi connectivity index (χ2n) is 4.81. The highest BCUT2D eigenvalue weighted by Crippen LogP contribution is 2.23. The van der Waals surface area contributed by atoms with Crippen LogP contribution in [0.5, 0.6) is 0 Å². The van der Waals surface area contributed by atoms with Crippen LogP contribution < -0.4 is 11.1 Å². The number of rotatable bonds is 5. The van der Waals surface area contributed by atoms with E-state index in [1.54, 1.807) is 12.5 Å². The Kier molecular flexibility index (Phi) is 4.44. The van der Waals surface area contributed by atoms with Gasteiger partial charge in [-0.1, -0.05) is 15.9 Å². The van der Waals surface area contributed by atoms with Crippen molar-refractivity contribution in [2.45, 2.75) is 25.9 Å². The van der Waals surface area contributed by atoms with Gasteiger partial charge in [0.2, 0.25) is 5.91 Å². The van der Waals surface area contributed by atoms with E-state index in [1.807, 2.05) is 42.7 Å². The highest BCUT2D eigenvalue weighted by Gasteiger charge is 2.22. The average molecular weight is 337 g/mol. The third-order valence-corrected chi connectivity index (χ3v) is 3.52. The lowest BCUT2D eigenvalue weighted by Gasteiger charge is -2.20. The van der Waals surface area contributed by atoms with Gasteiger partial charge in [-0.2, -0.15) is 0 Å². The third kappa shape index (κ3) is 3.19. The van der Waals surface area contributed by atoms with Gasteiger partial charge in [0.25, 0.3) is 0 Å². The molecule has 2 rings (SSSR count). The van der Waals surface area contributed by atoms with Crippen molar-refractivity contribution >= 4 is 27.5 Å². The smallest absolute Gasteiger partial charge is 0.246 e. The minimum atomic E-state index is -0.610. The SMILES string of the molecule is CC(C)n1cncc1C(Nc1ccc(Br)cc1)C(N)=O. The molecule has 0 saturated carbocycles. The molecule has 1 aromatic heterocycles. The van der Waals surface area contributed by atoms with Crippen LogP contribution in [0.15, 0.2) is 41.3 Å². The molecule has 0 aliphatic carbocycles. The first-order valence-corrected chi connectivity index (χ1v) is 7.11.